The van der Waals surface area contributed by atoms with Crippen molar-refractivity contribution in [1.82, 2.24) is 0 Å². The number of aliphatic hydroxyl groups is 3. The van der Waals surface area contributed by atoms with Crippen LogP contribution in [0.2, 0.25) is 0 Å². The van der Waals surface area contributed by atoms with Crippen LogP contribution in [0.3, 0.4) is 0 Å². The molecule has 1 saturated heterocycles. The van der Waals surface area contributed by atoms with Crippen LogP contribution in [0.1, 0.15) is 43.2 Å². The number of likely N-dealkylation sites (N-methyl/N-ethyl adjacent to an activating group) is 1. The van der Waals surface area contributed by atoms with Gasteiger partial charge in [-0.1, -0.05) is 6.07 Å². The first-order valence-corrected chi connectivity index (χ1v) is 10.2. The molecule has 2 bridgehead atoms. The molecule has 1 unspecified atom stereocenters. The molecule has 6 rings (SSSR count). The number of hydrogen-bond donors (Lipinski definition) is 4. The second-order valence-electron chi connectivity index (χ2n) is 9.82. The third-order valence-corrected chi connectivity index (χ3v) is 8.56. The number of phenolic OH excluding ortho intramolecular Hbond substituents is 1. The van der Waals surface area contributed by atoms with E-state index in [1.165, 1.54) is 6.07 Å². The molecule has 158 valence electrons. The standard InChI is InChI=1S/C21H25NO6.CH3/c1-22(10-11-2-3-11)15(25)9-19-16-12-4-5-13(23)17(16)28-18(19)14(24)6-7-20(19,26)21(22,27)8-12;/h4-5,11,15,18,25-27H,2-3,6-10H2,1H3;1H3/q;-1/p+1/t15?,18-,19-,20-,21-,22-;/m0./s1. The van der Waals surface area contributed by atoms with Crippen LogP contribution >= 0.6 is 0 Å². The molecule has 2 heterocycles. The molecule has 1 aromatic rings. The number of piperidine rings is 1. The average molecular weight is 403 g/mol. The van der Waals surface area contributed by atoms with Gasteiger partial charge in [0.05, 0.1) is 25.4 Å². The molecule has 0 amide bonds. The highest BCUT2D eigenvalue weighted by Crippen LogP contribution is 2.69. The van der Waals surface area contributed by atoms with Gasteiger partial charge in [-0.25, -0.2) is 0 Å². The van der Waals surface area contributed by atoms with Gasteiger partial charge < -0.3 is 32.6 Å². The highest BCUT2D eigenvalue weighted by atomic mass is 16.5. The van der Waals surface area contributed by atoms with E-state index in [2.05, 4.69) is 0 Å². The van der Waals surface area contributed by atoms with Crippen molar-refractivity contribution in [3.05, 3.63) is 30.7 Å². The zero-order valence-electron chi connectivity index (χ0n) is 16.9. The van der Waals surface area contributed by atoms with E-state index in [0.717, 1.165) is 18.4 Å². The van der Waals surface area contributed by atoms with E-state index in [1.807, 2.05) is 7.05 Å². The summed E-state index contributed by atoms with van der Waals surface area (Å²) in [4.78, 5) is 12.8. The van der Waals surface area contributed by atoms with Crippen molar-refractivity contribution in [3.63, 3.8) is 0 Å². The third kappa shape index (κ3) is 1.83. The number of aliphatic hydroxyl groups excluding tert-OH is 1. The van der Waals surface area contributed by atoms with E-state index >= 15 is 0 Å². The van der Waals surface area contributed by atoms with Crippen molar-refractivity contribution in [1.29, 1.82) is 0 Å². The minimum atomic E-state index is -1.64. The molecule has 1 spiro atoms. The summed E-state index contributed by atoms with van der Waals surface area (Å²) in [6.45, 7) is 0.593. The molecule has 4 N–H and O–H groups in total. The van der Waals surface area contributed by atoms with Crippen LogP contribution in [0.4, 0.5) is 0 Å². The maximum Gasteiger partial charge on any atom is 0.237 e. The van der Waals surface area contributed by atoms with Crippen LogP contribution in [0.25, 0.3) is 0 Å². The van der Waals surface area contributed by atoms with Gasteiger partial charge in [0.2, 0.25) is 5.72 Å². The van der Waals surface area contributed by atoms with Crippen molar-refractivity contribution in [2.24, 2.45) is 5.92 Å². The van der Waals surface area contributed by atoms with Gasteiger partial charge >= 0.3 is 0 Å². The Bertz CT molecular complexity index is 930. The predicted molar refractivity (Wildman–Crippen MR) is 103 cm³/mol. The molecule has 29 heavy (non-hydrogen) atoms. The van der Waals surface area contributed by atoms with Gasteiger partial charge in [-0.3, -0.25) is 9.28 Å². The van der Waals surface area contributed by atoms with Crippen molar-refractivity contribution in [2.75, 3.05) is 13.6 Å². The Morgan fingerprint density at radius 2 is 2.00 bits per heavy atom. The molecule has 3 fully saturated rings. The summed E-state index contributed by atoms with van der Waals surface area (Å²) in [5, 5.41) is 46.1. The lowest BCUT2D eigenvalue weighted by molar-refractivity contribution is -1.04. The predicted octanol–water partition coefficient (Wildman–Crippen LogP) is 0.759. The maximum absolute atomic E-state index is 12.8. The Kier molecular flexibility index (Phi) is 3.54. The number of Topliss-reactive ketones (excluding diaryl/α,β-unsaturated/α-hetero) is 1. The van der Waals surface area contributed by atoms with Gasteiger partial charge in [0, 0.05) is 24.3 Å². The average Bonchev–Trinajstić information content (AvgIpc) is 3.37. The molecule has 0 aromatic heterocycles. The largest absolute Gasteiger partial charge is 0.504 e. The molecule has 1 aromatic carbocycles. The summed E-state index contributed by atoms with van der Waals surface area (Å²) >= 11 is 0. The molecule has 3 aliphatic carbocycles. The second kappa shape index (κ2) is 5.32. The molecule has 6 atom stereocenters. The number of rotatable bonds is 2. The monoisotopic (exact) mass is 403 g/mol. The van der Waals surface area contributed by atoms with Crippen LogP contribution < -0.4 is 4.74 Å². The van der Waals surface area contributed by atoms with E-state index in [-0.39, 0.29) is 54.9 Å². The molecular weight excluding hydrogens is 374 g/mol. The van der Waals surface area contributed by atoms with Gasteiger partial charge in [0.15, 0.2) is 35.2 Å². The highest BCUT2D eigenvalue weighted by Gasteiger charge is 2.84. The van der Waals surface area contributed by atoms with Crippen LogP contribution in [0.5, 0.6) is 11.5 Å². The second-order valence-corrected chi connectivity index (χ2v) is 9.82. The van der Waals surface area contributed by atoms with Gasteiger partial charge in [-0.15, -0.1) is 0 Å². The van der Waals surface area contributed by atoms with E-state index in [9.17, 15) is 25.2 Å². The van der Waals surface area contributed by atoms with Crippen LogP contribution in [0.15, 0.2) is 12.1 Å². The lowest BCUT2D eigenvalue weighted by Crippen LogP contribution is -2.89. The number of hydrogen-bond acceptors (Lipinski definition) is 6. The van der Waals surface area contributed by atoms with Crippen LogP contribution in [-0.2, 0) is 16.6 Å². The van der Waals surface area contributed by atoms with Crippen LogP contribution in [0, 0.1) is 13.3 Å². The number of quaternary nitrogens is 1. The minimum absolute atomic E-state index is 0. The number of ether oxygens (including phenoxy) is 1. The number of aromatic hydroxyl groups is 1. The SMILES string of the molecule is C[N@+]1(CC2CC2)C(O)C[C@]23c4c5ccc(O)c4O[C@H]2C(=O)CC[C@@]3(O)[C@@]1(O)C5.[CH3-]. The number of carbonyl (C=O) groups is 1. The van der Waals surface area contributed by atoms with Gasteiger partial charge in [0.25, 0.3) is 0 Å². The lowest BCUT2D eigenvalue weighted by atomic mass is 9.46. The first kappa shape index (κ1) is 19.3. The van der Waals surface area contributed by atoms with E-state index in [1.54, 1.807) is 6.07 Å². The maximum atomic E-state index is 12.8. The Hall–Kier alpha value is -1.67. The van der Waals surface area contributed by atoms with Gasteiger partial charge in [0.1, 0.15) is 0 Å². The number of carbonyl (C=O) groups excluding carboxylic acids is 1. The minimum Gasteiger partial charge on any atom is -0.504 e. The Morgan fingerprint density at radius 1 is 1.28 bits per heavy atom. The summed E-state index contributed by atoms with van der Waals surface area (Å²) in [6.07, 6.45) is 0.705. The fourth-order valence-electron chi connectivity index (χ4n) is 6.94. The van der Waals surface area contributed by atoms with Crippen molar-refractivity contribution in [3.8, 4) is 11.5 Å². The van der Waals surface area contributed by atoms with Crippen LogP contribution in [-0.4, -0.2) is 67.9 Å². The molecule has 7 heteroatoms. The number of benzene rings is 1. The zero-order valence-corrected chi connectivity index (χ0v) is 16.9. The van der Waals surface area contributed by atoms with E-state index < -0.39 is 29.1 Å². The summed E-state index contributed by atoms with van der Waals surface area (Å²) in [5.74, 6) is 0.432. The fourth-order valence-corrected chi connectivity index (χ4v) is 6.94. The summed E-state index contributed by atoms with van der Waals surface area (Å²) in [5.41, 5.74) is -3.10. The number of phenols is 1. The van der Waals surface area contributed by atoms with E-state index in [0.29, 0.717) is 18.0 Å². The highest BCUT2D eigenvalue weighted by molar-refractivity contribution is 5.90. The normalized spacial score (nSPS) is 46.6. The van der Waals surface area contributed by atoms with Gasteiger partial charge in [-0.2, -0.15) is 0 Å². The Labute approximate surface area is 170 Å². The fraction of sp³-hybridized carbons (Fsp3) is 0.636. The van der Waals surface area contributed by atoms with Crippen molar-refractivity contribution in [2.45, 2.75) is 67.6 Å². The topological polar surface area (TPSA) is 107 Å². The third-order valence-electron chi connectivity index (χ3n) is 8.56. The number of nitrogens with zero attached hydrogens (tertiary/aromatic N) is 1. The number of ketones is 1. The number of likely N-dealkylation sites (tertiary alicyclic amines) is 1. The smallest absolute Gasteiger partial charge is 0.237 e. The summed E-state index contributed by atoms with van der Waals surface area (Å²) in [7, 11) is 1.83. The van der Waals surface area contributed by atoms with Gasteiger partial charge in [-0.05, 0) is 30.9 Å². The lowest BCUT2D eigenvalue weighted by Gasteiger charge is -2.69. The first-order chi connectivity index (χ1) is 13.2. The molecular formula is C22H29NO6. The zero-order chi connectivity index (χ0) is 19.7. The molecule has 7 nitrogen and oxygen atoms in total. The first-order valence-electron chi connectivity index (χ1n) is 10.2. The molecule has 0 radical (unpaired) electrons. The Balaban J connectivity index is 0.00000181. The van der Waals surface area contributed by atoms with E-state index in [4.69, 9.17) is 4.74 Å². The molecule has 2 aliphatic heterocycles. The summed E-state index contributed by atoms with van der Waals surface area (Å²) in [6, 6.07) is 3.28. The summed E-state index contributed by atoms with van der Waals surface area (Å²) < 4.78 is 5.92. The molecule has 5 aliphatic rings. The quantitative estimate of drug-likeness (QED) is 0.429. The van der Waals surface area contributed by atoms with Crippen molar-refractivity contribution >= 4 is 5.78 Å². The molecule has 2 saturated carbocycles. The Morgan fingerprint density at radius 3 is 2.69 bits per heavy atom. The van der Waals surface area contributed by atoms with Crippen molar-refractivity contribution < 1.29 is 34.4 Å².